The van der Waals surface area contributed by atoms with E-state index in [4.69, 9.17) is 16.0 Å². The third-order valence-electron chi connectivity index (χ3n) is 4.92. The Morgan fingerprint density at radius 1 is 0.931 bits per heavy atom. The average Bonchev–Trinajstić information content (AvgIpc) is 3.22. The van der Waals surface area contributed by atoms with Gasteiger partial charge in [-0.15, -0.1) is 0 Å². The van der Waals surface area contributed by atoms with Gasteiger partial charge < -0.3 is 14.2 Å². The Kier molecular flexibility index (Phi) is 6.02. The molecule has 0 spiro atoms. The Balaban J connectivity index is 1.36. The van der Waals surface area contributed by atoms with Crippen LogP contribution in [0.15, 0.2) is 76.0 Å². The number of carbonyl (C=O) groups is 1. The van der Waals surface area contributed by atoms with E-state index in [-0.39, 0.29) is 17.4 Å². The minimum atomic E-state index is -1.33. The molecular weight excluding hydrogens is 408 g/mol. The van der Waals surface area contributed by atoms with Crippen LogP contribution < -0.4 is 4.90 Å². The standard InChI is InChI=1S/C22H21ClN2O3S/c23-19-8-4-5-9-21(19)29(27)16-18-10-11-20(28-18)22(26)25-14-12-24(13-15-25)17-6-2-1-3-7-17/h1-11H,12-16H2/t29-/m1/s1. The summed E-state index contributed by atoms with van der Waals surface area (Å²) in [6.45, 7) is 2.82. The van der Waals surface area contributed by atoms with Crippen LogP contribution in [0.5, 0.6) is 0 Å². The smallest absolute Gasteiger partial charge is 0.289 e. The maximum atomic E-state index is 12.8. The van der Waals surface area contributed by atoms with E-state index < -0.39 is 10.8 Å². The Hall–Kier alpha value is -2.57. The first-order valence-electron chi connectivity index (χ1n) is 9.43. The molecule has 1 fully saturated rings. The monoisotopic (exact) mass is 428 g/mol. The Bertz CT molecular complexity index is 1010. The number of piperazine rings is 1. The van der Waals surface area contributed by atoms with Crippen molar-refractivity contribution in [2.75, 3.05) is 31.1 Å². The summed E-state index contributed by atoms with van der Waals surface area (Å²) in [5.74, 6) is 0.838. The zero-order valence-corrected chi connectivity index (χ0v) is 17.4. The minimum Gasteiger partial charge on any atom is -0.455 e. The van der Waals surface area contributed by atoms with Crippen LogP contribution in [0.25, 0.3) is 0 Å². The van der Waals surface area contributed by atoms with Crippen LogP contribution in [-0.4, -0.2) is 41.2 Å². The molecule has 0 saturated carbocycles. The van der Waals surface area contributed by atoms with Gasteiger partial charge in [0.25, 0.3) is 5.91 Å². The number of nitrogens with zero attached hydrogens (tertiary/aromatic N) is 2. The summed E-state index contributed by atoms with van der Waals surface area (Å²) in [5, 5.41) is 0.463. The predicted molar refractivity (Wildman–Crippen MR) is 115 cm³/mol. The van der Waals surface area contributed by atoms with Gasteiger partial charge in [0, 0.05) is 31.9 Å². The molecule has 0 radical (unpaired) electrons. The van der Waals surface area contributed by atoms with Crippen LogP contribution in [0.1, 0.15) is 16.3 Å². The number of anilines is 1. The first-order valence-corrected chi connectivity index (χ1v) is 11.1. The lowest BCUT2D eigenvalue weighted by molar-refractivity contribution is 0.0713. The lowest BCUT2D eigenvalue weighted by Gasteiger charge is -2.35. The summed E-state index contributed by atoms with van der Waals surface area (Å²) >= 11 is 6.11. The molecule has 4 rings (SSSR count). The molecule has 29 heavy (non-hydrogen) atoms. The lowest BCUT2D eigenvalue weighted by Crippen LogP contribution is -2.48. The number of para-hydroxylation sites is 1. The van der Waals surface area contributed by atoms with Gasteiger partial charge in [-0.1, -0.05) is 41.9 Å². The fraction of sp³-hybridized carbons (Fsp3) is 0.227. The number of amides is 1. The van der Waals surface area contributed by atoms with E-state index in [0.717, 1.165) is 13.1 Å². The van der Waals surface area contributed by atoms with Crippen molar-refractivity contribution >= 4 is 34.0 Å². The summed E-state index contributed by atoms with van der Waals surface area (Å²) in [6, 6.07) is 20.6. The third kappa shape index (κ3) is 4.54. The molecule has 0 aliphatic carbocycles. The van der Waals surface area contributed by atoms with Crippen LogP contribution in [0.4, 0.5) is 5.69 Å². The molecule has 1 aliphatic heterocycles. The Morgan fingerprint density at radius 3 is 2.34 bits per heavy atom. The Morgan fingerprint density at radius 2 is 1.62 bits per heavy atom. The lowest BCUT2D eigenvalue weighted by atomic mass is 10.2. The van der Waals surface area contributed by atoms with E-state index in [1.165, 1.54) is 5.69 Å². The number of rotatable bonds is 5. The first-order chi connectivity index (χ1) is 14.1. The van der Waals surface area contributed by atoms with Crippen LogP contribution in [-0.2, 0) is 16.6 Å². The summed E-state index contributed by atoms with van der Waals surface area (Å²) in [7, 11) is -1.33. The molecule has 2 aromatic carbocycles. The molecular formula is C22H21ClN2O3S. The summed E-state index contributed by atoms with van der Waals surface area (Å²) in [6.07, 6.45) is 0. The van der Waals surface area contributed by atoms with Gasteiger partial charge in [-0.2, -0.15) is 0 Å². The van der Waals surface area contributed by atoms with E-state index in [2.05, 4.69) is 17.0 Å². The molecule has 3 aromatic rings. The molecule has 5 nitrogen and oxygen atoms in total. The second-order valence-electron chi connectivity index (χ2n) is 6.80. The Labute approximate surface area is 177 Å². The van der Waals surface area contributed by atoms with E-state index in [9.17, 15) is 9.00 Å². The fourth-order valence-corrected chi connectivity index (χ4v) is 4.85. The van der Waals surface area contributed by atoms with E-state index in [0.29, 0.717) is 28.8 Å². The molecule has 1 atom stereocenters. The maximum absolute atomic E-state index is 12.8. The molecule has 0 unspecified atom stereocenters. The molecule has 1 aliphatic rings. The number of hydrogen-bond donors (Lipinski definition) is 0. The number of halogens is 1. The number of carbonyl (C=O) groups excluding carboxylic acids is 1. The van der Waals surface area contributed by atoms with Gasteiger partial charge in [-0.25, -0.2) is 0 Å². The van der Waals surface area contributed by atoms with Crippen LogP contribution >= 0.6 is 11.6 Å². The second-order valence-corrected chi connectivity index (χ2v) is 8.63. The van der Waals surface area contributed by atoms with E-state index in [1.54, 1.807) is 41.3 Å². The van der Waals surface area contributed by atoms with Crippen molar-refractivity contribution in [2.45, 2.75) is 10.6 Å². The van der Waals surface area contributed by atoms with E-state index in [1.807, 2.05) is 18.2 Å². The van der Waals surface area contributed by atoms with Gasteiger partial charge in [0.1, 0.15) is 5.76 Å². The van der Waals surface area contributed by atoms with Crippen LogP contribution in [0.3, 0.4) is 0 Å². The average molecular weight is 429 g/mol. The zero-order chi connectivity index (χ0) is 20.2. The van der Waals surface area contributed by atoms with Gasteiger partial charge >= 0.3 is 0 Å². The molecule has 150 valence electrons. The quantitative estimate of drug-likeness (QED) is 0.611. The van der Waals surface area contributed by atoms with Crippen molar-refractivity contribution in [1.29, 1.82) is 0 Å². The van der Waals surface area contributed by atoms with Crippen molar-refractivity contribution in [1.82, 2.24) is 4.90 Å². The van der Waals surface area contributed by atoms with Crippen molar-refractivity contribution in [3.63, 3.8) is 0 Å². The predicted octanol–water partition coefficient (Wildman–Crippen LogP) is 4.20. The van der Waals surface area contributed by atoms with Crippen molar-refractivity contribution < 1.29 is 13.4 Å². The van der Waals surface area contributed by atoms with Crippen LogP contribution in [0, 0.1) is 0 Å². The summed E-state index contributed by atoms with van der Waals surface area (Å²) in [4.78, 5) is 17.4. The molecule has 1 amide bonds. The molecule has 2 heterocycles. The molecule has 7 heteroatoms. The molecule has 1 saturated heterocycles. The second kappa shape index (κ2) is 8.84. The third-order valence-corrected chi connectivity index (χ3v) is 6.75. The SMILES string of the molecule is O=C(c1ccc(C[S@@](=O)c2ccccc2Cl)o1)N1CCN(c2ccccc2)CC1. The first kappa shape index (κ1) is 19.7. The van der Waals surface area contributed by atoms with E-state index >= 15 is 0 Å². The van der Waals surface area contributed by atoms with Gasteiger partial charge in [-0.3, -0.25) is 9.00 Å². The van der Waals surface area contributed by atoms with Gasteiger partial charge in [-0.05, 0) is 36.4 Å². The largest absolute Gasteiger partial charge is 0.455 e. The molecule has 0 bridgehead atoms. The fourth-order valence-electron chi connectivity index (χ4n) is 3.37. The minimum absolute atomic E-state index is 0.132. The topological polar surface area (TPSA) is 53.8 Å². The van der Waals surface area contributed by atoms with Gasteiger partial charge in [0.2, 0.25) is 0 Å². The van der Waals surface area contributed by atoms with Gasteiger partial charge in [0.05, 0.1) is 26.5 Å². The van der Waals surface area contributed by atoms with Crippen molar-refractivity contribution in [3.05, 3.63) is 83.3 Å². The normalized spacial score (nSPS) is 15.3. The molecule has 1 aromatic heterocycles. The number of hydrogen-bond acceptors (Lipinski definition) is 4. The summed E-state index contributed by atoms with van der Waals surface area (Å²) in [5.41, 5.74) is 1.17. The highest BCUT2D eigenvalue weighted by atomic mass is 35.5. The molecule has 0 N–H and O–H groups in total. The highest BCUT2D eigenvalue weighted by Crippen LogP contribution is 2.23. The number of furan rings is 1. The van der Waals surface area contributed by atoms with Crippen LogP contribution in [0.2, 0.25) is 5.02 Å². The highest BCUT2D eigenvalue weighted by Gasteiger charge is 2.24. The summed E-state index contributed by atoms with van der Waals surface area (Å²) < 4.78 is 18.3. The highest BCUT2D eigenvalue weighted by molar-refractivity contribution is 7.84. The van der Waals surface area contributed by atoms with Crippen molar-refractivity contribution in [3.8, 4) is 0 Å². The van der Waals surface area contributed by atoms with Crippen molar-refractivity contribution in [2.24, 2.45) is 0 Å². The number of benzene rings is 2. The zero-order valence-electron chi connectivity index (χ0n) is 15.8. The maximum Gasteiger partial charge on any atom is 0.289 e. The van der Waals surface area contributed by atoms with Gasteiger partial charge in [0.15, 0.2) is 5.76 Å².